The van der Waals surface area contributed by atoms with E-state index in [2.05, 4.69) is 10.9 Å². The summed E-state index contributed by atoms with van der Waals surface area (Å²) in [6.45, 7) is 0. The van der Waals surface area contributed by atoms with Crippen LogP contribution in [0.3, 0.4) is 0 Å². The molecule has 0 amide bonds. The van der Waals surface area contributed by atoms with Gasteiger partial charge in [0.25, 0.3) is 0 Å². The zero-order valence-corrected chi connectivity index (χ0v) is 7.64. The fourth-order valence-corrected chi connectivity index (χ4v) is 1.29. The zero-order chi connectivity index (χ0) is 9.80. The van der Waals surface area contributed by atoms with Gasteiger partial charge in [-0.1, -0.05) is 24.1 Å². The van der Waals surface area contributed by atoms with Gasteiger partial charge in [0.15, 0.2) is 0 Å². The highest BCUT2D eigenvalue weighted by Crippen LogP contribution is 2.17. The molecule has 2 rings (SSSR count). The maximum Gasteiger partial charge on any atom is 0.0346 e. The van der Waals surface area contributed by atoms with Gasteiger partial charge >= 0.3 is 0 Å². The molecule has 1 aromatic heterocycles. The highest BCUT2D eigenvalue weighted by atomic mass is 14.6. The lowest BCUT2D eigenvalue weighted by Gasteiger charge is -1.99. The van der Waals surface area contributed by atoms with E-state index in [1.165, 1.54) is 0 Å². The summed E-state index contributed by atoms with van der Waals surface area (Å²) >= 11 is 0. The van der Waals surface area contributed by atoms with Crippen molar-refractivity contribution < 1.29 is 0 Å². The molecule has 0 aliphatic heterocycles. The van der Waals surface area contributed by atoms with Crippen LogP contribution in [0.4, 0.5) is 0 Å². The van der Waals surface area contributed by atoms with Crippen LogP contribution in [0.5, 0.6) is 0 Å². The Morgan fingerprint density at radius 2 is 1.79 bits per heavy atom. The molecule has 66 valence electrons. The van der Waals surface area contributed by atoms with E-state index < -0.39 is 0 Å². The van der Waals surface area contributed by atoms with Gasteiger partial charge in [0.05, 0.1) is 0 Å². The van der Waals surface area contributed by atoms with Gasteiger partial charge in [0, 0.05) is 18.0 Å². The summed E-state index contributed by atoms with van der Waals surface area (Å²) in [5.41, 5.74) is 3.14. The van der Waals surface area contributed by atoms with Crippen molar-refractivity contribution in [2.75, 3.05) is 0 Å². The Morgan fingerprint density at radius 3 is 2.36 bits per heavy atom. The second-order valence-electron chi connectivity index (χ2n) is 2.96. The van der Waals surface area contributed by atoms with Crippen molar-refractivity contribution in [2.24, 2.45) is 0 Å². The smallest absolute Gasteiger partial charge is 0.0346 e. The molecule has 0 radical (unpaired) electrons. The summed E-state index contributed by atoms with van der Waals surface area (Å²) in [5, 5.41) is 0. The van der Waals surface area contributed by atoms with E-state index >= 15 is 0 Å². The van der Waals surface area contributed by atoms with Gasteiger partial charge in [0.2, 0.25) is 0 Å². The number of terminal acetylenes is 1. The first-order chi connectivity index (χ1) is 6.90. The molecule has 2 aromatic rings. The normalized spacial score (nSPS) is 9.36. The fourth-order valence-electron chi connectivity index (χ4n) is 1.29. The molecule has 0 saturated heterocycles. The Morgan fingerprint density at radius 1 is 1.00 bits per heavy atom. The fraction of sp³-hybridized carbons (Fsp3) is 0. The number of pyridine rings is 1. The second-order valence-corrected chi connectivity index (χ2v) is 2.96. The molecule has 0 aliphatic rings. The summed E-state index contributed by atoms with van der Waals surface area (Å²) < 4.78 is 0. The van der Waals surface area contributed by atoms with Gasteiger partial charge in [-0.2, -0.15) is 0 Å². The Labute approximate surface area is 83.4 Å². The number of hydrogen-bond donors (Lipinski definition) is 0. The molecule has 0 N–H and O–H groups in total. The van der Waals surface area contributed by atoms with Crippen LogP contribution < -0.4 is 0 Å². The minimum atomic E-state index is 0.901. The van der Waals surface area contributed by atoms with Gasteiger partial charge < -0.3 is 0 Å². The van der Waals surface area contributed by atoms with E-state index in [0.29, 0.717) is 0 Å². The van der Waals surface area contributed by atoms with Crippen LogP contribution in [0, 0.1) is 12.3 Å². The van der Waals surface area contributed by atoms with Gasteiger partial charge in [0.1, 0.15) is 0 Å². The molecule has 0 spiro atoms. The molecule has 0 unspecified atom stereocenters. The Balaban J connectivity index is 2.40. The maximum atomic E-state index is 5.28. The van der Waals surface area contributed by atoms with E-state index in [1.807, 2.05) is 42.6 Å². The lowest BCUT2D eigenvalue weighted by molar-refractivity contribution is 1.33. The van der Waals surface area contributed by atoms with Crippen molar-refractivity contribution in [3.8, 4) is 23.5 Å². The number of rotatable bonds is 1. The van der Waals surface area contributed by atoms with Crippen molar-refractivity contribution >= 4 is 0 Å². The van der Waals surface area contributed by atoms with Crippen molar-refractivity contribution in [3.63, 3.8) is 0 Å². The largest absolute Gasteiger partial charge is 0.264 e. The van der Waals surface area contributed by atoms with Crippen molar-refractivity contribution in [1.82, 2.24) is 4.98 Å². The average molecular weight is 179 g/mol. The highest BCUT2D eigenvalue weighted by Gasteiger charge is 1.95. The summed E-state index contributed by atoms with van der Waals surface area (Å²) in [5.74, 6) is 2.59. The highest BCUT2D eigenvalue weighted by molar-refractivity contribution is 5.63. The van der Waals surface area contributed by atoms with E-state index in [1.54, 1.807) is 6.20 Å². The van der Waals surface area contributed by atoms with Crippen LogP contribution in [0.15, 0.2) is 48.8 Å². The second kappa shape index (κ2) is 3.76. The molecule has 1 heterocycles. The van der Waals surface area contributed by atoms with Crippen LogP contribution in [-0.2, 0) is 0 Å². The lowest BCUT2D eigenvalue weighted by atomic mass is 10.1. The molecule has 0 aliphatic carbocycles. The monoisotopic (exact) mass is 179 g/mol. The quantitative estimate of drug-likeness (QED) is 0.613. The SMILES string of the molecule is C#Cc1ccc(-c2cccnc2)cc1. The summed E-state index contributed by atoms with van der Waals surface area (Å²) in [6, 6.07) is 11.8. The van der Waals surface area contributed by atoms with Crippen LogP contribution >= 0.6 is 0 Å². The third kappa shape index (κ3) is 1.65. The van der Waals surface area contributed by atoms with E-state index in [-0.39, 0.29) is 0 Å². The zero-order valence-electron chi connectivity index (χ0n) is 7.64. The Hall–Kier alpha value is -2.07. The molecule has 0 atom stereocenters. The Kier molecular flexibility index (Phi) is 2.29. The first-order valence-corrected chi connectivity index (χ1v) is 4.37. The molecule has 1 nitrogen and oxygen atoms in total. The summed E-state index contributed by atoms with van der Waals surface area (Å²) in [6.07, 6.45) is 8.88. The number of nitrogens with zero attached hydrogens (tertiary/aromatic N) is 1. The summed E-state index contributed by atoms with van der Waals surface area (Å²) in [4.78, 5) is 4.06. The molecule has 14 heavy (non-hydrogen) atoms. The number of aromatic nitrogens is 1. The predicted molar refractivity (Wildman–Crippen MR) is 57.6 cm³/mol. The Bertz CT molecular complexity index is 449. The first-order valence-electron chi connectivity index (χ1n) is 4.37. The molecule has 0 fully saturated rings. The lowest BCUT2D eigenvalue weighted by Crippen LogP contribution is -1.79. The van der Waals surface area contributed by atoms with Gasteiger partial charge in [-0.05, 0) is 29.3 Å². The number of benzene rings is 1. The van der Waals surface area contributed by atoms with Gasteiger partial charge in [-0.15, -0.1) is 6.42 Å². The predicted octanol–water partition coefficient (Wildman–Crippen LogP) is 2.73. The molecular formula is C13H9N. The molecule has 0 bridgehead atoms. The number of hydrogen-bond acceptors (Lipinski definition) is 1. The van der Waals surface area contributed by atoms with Crippen molar-refractivity contribution in [3.05, 3.63) is 54.4 Å². The maximum absolute atomic E-state index is 5.28. The molecular weight excluding hydrogens is 170 g/mol. The molecule has 0 saturated carbocycles. The van der Waals surface area contributed by atoms with Crippen molar-refractivity contribution in [2.45, 2.75) is 0 Å². The molecule has 1 aromatic carbocycles. The van der Waals surface area contributed by atoms with E-state index in [0.717, 1.165) is 16.7 Å². The average Bonchev–Trinajstić information content (AvgIpc) is 2.30. The molecule has 1 heteroatoms. The van der Waals surface area contributed by atoms with Gasteiger partial charge in [-0.25, -0.2) is 0 Å². The minimum Gasteiger partial charge on any atom is -0.264 e. The minimum absolute atomic E-state index is 0.901. The van der Waals surface area contributed by atoms with E-state index in [9.17, 15) is 0 Å². The van der Waals surface area contributed by atoms with Crippen LogP contribution in [0.25, 0.3) is 11.1 Å². The van der Waals surface area contributed by atoms with Gasteiger partial charge in [-0.3, -0.25) is 4.98 Å². The third-order valence-corrected chi connectivity index (χ3v) is 2.05. The van der Waals surface area contributed by atoms with Crippen LogP contribution in [0.2, 0.25) is 0 Å². The van der Waals surface area contributed by atoms with Crippen LogP contribution in [0.1, 0.15) is 5.56 Å². The van der Waals surface area contributed by atoms with Crippen molar-refractivity contribution in [1.29, 1.82) is 0 Å². The topological polar surface area (TPSA) is 12.9 Å². The third-order valence-electron chi connectivity index (χ3n) is 2.05. The summed E-state index contributed by atoms with van der Waals surface area (Å²) in [7, 11) is 0. The van der Waals surface area contributed by atoms with Crippen LogP contribution in [-0.4, -0.2) is 4.98 Å². The van der Waals surface area contributed by atoms with E-state index in [4.69, 9.17) is 6.42 Å². The standard InChI is InChI=1S/C13H9N/c1-2-11-5-7-12(8-6-11)13-4-3-9-14-10-13/h1,3-10H. The first kappa shape index (κ1) is 8.52.